The number of fused-ring (bicyclic) bond motifs is 1. The van der Waals surface area contributed by atoms with Gasteiger partial charge in [-0.15, -0.1) is 0 Å². The predicted molar refractivity (Wildman–Crippen MR) is 121 cm³/mol. The van der Waals surface area contributed by atoms with Gasteiger partial charge in [0.2, 0.25) is 0 Å². The van der Waals surface area contributed by atoms with Gasteiger partial charge in [-0.3, -0.25) is 24.3 Å². The third kappa shape index (κ3) is 5.15. The first-order valence-corrected chi connectivity index (χ1v) is 10.3. The summed E-state index contributed by atoms with van der Waals surface area (Å²) in [4.78, 5) is 48.5. The van der Waals surface area contributed by atoms with E-state index >= 15 is 0 Å². The summed E-state index contributed by atoms with van der Waals surface area (Å²) in [6, 6.07) is 10.6. The molecule has 1 atom stereocenters. The van der Waals surface area contributed by atoms with E-state index < -0.39 is 24.0 Å². The molecular weight excluding hydrogens is 450 g/mol. The molecule has 0 radical (unpaired) electrons. The molecule has 0 aliphatic carbocycles. The Morgan fingerprint density at radius 3 is 2.39 bits per heavy atom. The van der Waals surface area contributed by atoms with Crippen molar-refractivity contribution in [3.63, 3.8) is 0 Å². The Hall–Kier alpha value is -3.85. The second kappa shape index (κ2) is 9.74. The van der Waals surface area contributed by atoms with Gasteiger partial charge in [0.25, 0.3) is 11.8 Å². The number of amides is 3. The van der Waals surface area contributed by atoms with Crippen molar-refractivity contribution in [1.29, 1.82) is 0 Å². The first-order valence-electron chi connectivity index (χ1n) is 9.90. The van der Waals surface area contributed by atoms with E-state index in [1.165, 1.54) is 18.6 Å². The standard InChI is InChI=1S/C23H22ClN3O6/c1-12-17(11-20(28)33-13(2)21(29)26-23(25)31)18-10-16(32-3)8-9-19(18)27(12)22(30)14-4-6-15(24)7-5-14/h4-10,13H,11H2,1-3H3,(H3,25,26,29,31)/t13-/m0/s1. The van der Waals surface area contributed by atoms with E-state index in [2.05, 4.69) is 0 Å². The number of rotatable bonds is 6. The molecule has 1 heterocycles. The molecule has 3 rings (SSSR count). The van der Waals surface area contributed by atoms with Crippen LogP contribution in [0.5, 0.6) is 5.75 Å². The second-order valence-corrected chi connectivity index (χ2v) is 7.69. The van der Waals surface area contributed by atoms with Gasteiger partial charge >= 0.3 is 12.0 Å². The highest BCUT2D eigenvalue weighted by Crippen LogP contribution is 2.31. The van der Waals surface area contributed by atoms with E-state index in [0.717, 1.165) is 0 Å². The molecule has 0 spiro atoms. The highest BCUT2D eigenvalue weighted by atomic mass is 35.5. The number of hydrogen-bond acceptors (Lipinski definition) is 6. The summed E-state index contributed by atoms with van der Waals surface area (Å²) < 4.78 is 12.0. The molecular formula is C23H22ClN3O6. The van der Waals surface area contributed by atoms with Crippen molar-refractivity contribution in [2.45, 2.75) is 26.4 Å². The zero-order chi connectivity index (χ0) is 24.3. The van der Waals surface area contributed by atoms with E-state index in [1.54, 1.807) is 49.4 Å². The average Bonchev–Trinajstić information content (AvgIpc) is 3.03. The summed E-state index contributed by atoms with van der Waals surface area (Å²) in [7, 11) is 1.51. The topological polar surface area (TPSA) is 130 Å². The Morgan fingerprint density at radius 1 is 1.12 bits per heavy atom. The number of urea groups is 1. The van der Waals surface area contributed by atoms with Crippen molar-refractivity contribution >= 4 is 46.3 Å². The largest absolute Gasteiger partial charge is 0.497 e. The number of hydrogen-bond donors (Lipinski definition) is 2. The summed E-state index contributed by atoms with van der Waals surface area (Å²) in [5.74, 6) is -1.31. The van der Waals surface area contributed by atoms with Gasteiger partial charge < -0.3 is 15.2 Å². The van der Waals surface area contributed by atoms with Gasteiger partial charge in [-0.25, -0.2) is 4.79 Å². The number of halogens is 1. The number of nitrogens with two attached hydrogens (primary N) is 1. The van der Waals surface area contributed by atoms with Crippen LogP contribution in [0.3, 0.4) is 0 Å². The number of imide groups is 1. The maximum Gasteiger partial charge on any atom is 0.318 e. The van der Waals surface area contributed by atoms with Crippen LogP contribution in [0, 0.1) is 6.92 Å². The van der Waals surface area contributed by atoms with Crippen molar-refractivity contribution in [1.82, 2.24) is 9.88 Å². The number of aromatic nitrogens is 1. The van der Waals surface area contributed by atoms with Crippen LogP contribution in [0.2, 0.25) is 5.02 Å². The van der Waals surface area contributed by atoms with Gasteiger partial charge in [-0.1, -0.05) is 11.6 Å². The molecule has 10 heteroatoms. The van der Waals surface area contributed by atoms with E-state index in [0.29, 0.717) is 38.5 Å². The highest BCUT2D eigenvalue weighted by molar-refractivity contribution is 6.30. The van der Waals surface area contributed by atoms with Crippen LogP contribution in [-0.4, -0.2) is 41.6 Å². The van der Waals surface area contributed by atoms with Gasteiger partial charge in [0.05, 0.1) is 19.0 Å². The predicted octanol–water partition coefficient (Wildman–Crippen LogP) is 2.97. The number of primary amides is 1. The molecule has 9 nitrogen and oxygen atoms in total. The van der Waals surface area contributed by atoms with Crippen LogP contribution in [0.1, 0.15) is 28.5 Å². The van der Waals surface area contributed by atoms with Crippen LogP contribution in [0.4, 0.5) is 4.79 Å². The molecule has 33 heavy (non-hydrogen) atoms. The molecule has 0 bridgehead atoms. The molecule has 172 valence electrons. The molecule has 1 aromatic heterocycles. The molecule has 0 saturated heterocycles. The third-order valence-electron chi connectivity index (χ3n) is 5.08. The summed E-state index contributed by atoms with van der Waals surface area (Å²) in [5, 5.41) is 2.99. The van der Waals surface area contributed by atoms with E-state index in [9.17, 15) is 19.2 Å². The molecule has 0 unspecified atom stereocenters. The summed E-state index contributed by atoms with van der Waals surface area (Å²) in [6.45, 7) is 3.03. The molecule has 0 saturated carbocycles. The van der Waals surface area contributed by atoms with Gasteiger partial charge in [-0.05, 0) is 61.9 Å². The fraction of sp³-hybridized carbons (Fsp3) is 0.217. The first-order chi connectivity index (χ1) is 15.6. The zero-order valence-electron chi connectivity index (χ0n) is 18.2. The lowest BCUT2D eigenvalue weighted by Crippen LogP contribution is -2.42. The number of ether oxygens (including phenoxy) is 2. The minimum absolute atomic E-state index is 0.218. The van der Waals surface area contributed by atoms with Crippen molar-refractivity contribution < 1.29 is 28.7 Å². The Labute approximate surface area is 194 Å². The third-order valence-corrected chi connectivity index (χ3v) is 5.33. The Balaban J connectivity index is 1.99. The molecule has 3 N–H and O–H groups in total. The lowest BCUT2D eigenvalue weighted by Gasteiger charge is -2.12. The second-order valence-electron chi connectivity index (χ2n) is 7.26. The molecule has 2 aromatic carbocycles. The molecule has 0 aliphatic heterocycles. The van der Waals surface area contributed by atoms with Crippen LogP contribution >= 0.6 is 11.6 Å². The van der Waals surface area contributed by atoms with Crippen LogP contribution in [0.25, 0.3) is 10.9 Å². The van der Waals surface area contributed by atoms with Gasteiger partial charge in [0.1, 0.15) is 5.75 Å². The van der Waals surface area contributed by atoms with Crippen molar-refractivity contribution in [3.8, 4) is 5.75 Å². The summed E-state index contributed by atoms with van der Waals surface area (Å²) in [6.07, 6.45) is -1.45. The first kappa shape index (κ1) is 23.8. The number of esters is 1. The quantitative estimate of drug-likeness (QED) is 0.531. The Morgan fingerprint density at radius 2 is 1.79 bits per heavy atom. The van der Waals surface area contributed by atoms with Gasteiger partial charge in [0, 0.05) is 21.7 Å². The molecule has 0 aliphatic rings. The van der Waals surface area contributed by atoms with Crippen molar-refractivity contribution in [3.05, 3.63) is 64.3 Å². The Kier molecular flexibility index (Phi) is 7.03. The number of carbonyl (C=O) groups is 4. The fourth-order valence-electron chi connectivity index (χ4n) is 3.46. The van der Waals surface area contributed by atoms with E-state index in [4.69, 9.17) is 26.8 Å². The minimum Gasteiger partial charge on any atom is -0.497 e. The summed E-state index contributed by atoms with van der Waals surface area (Å²) >= 11 is 5.94. The van der Waals surface area contributed by atoms with Crippen molar-refractivity contribution in [2.75, 3.05) is 7.11 Å². The van der Waals surface area contributed by atoms with Crippen LogP contribution in [0.15, 0.2) is 42.5 Å². The normalized spacial score (nSPS) is 11.6. The SMILES string of the molecule is COc1ccc2c(c1)c(CC(=O)O[C@@H](C)C(=O)NC(N)=O)c(C)n2C(=O)c1ccc(Cl)cc1. The van der Waals surface area contributed by atoms with Crippen LogP contribution in [-0.2, 0) is 20.7 Å². The minimum atomic E-state index is -1.23. The smallest absolute Gasteiger partial charge is 0.318 e. The molecule has 3 aromatic rings. The number of nitrogens with zero attached hydrogens (tertiary/aromatic N) is 1. The van der Waals surface area contributed by atoms with Gasteiger partial charge in [-0.2, -0.15) is 0 Å². The number of nitrogens with one attached hydrogen (secondary N) is 1. The Bertz CT molecular complexity index is 1250. The number of carbonyl (C=O) groups excluding carboxylic acids is 4. The fourth-order valence-corrected chi connectivity index (χ4v) is 3.58. The maximum absolute atomic E-state index is 13.3. The lowest BCUT2D eigenvalue weighted by atomic mass is 10.1. The lowest BCUT2D eigenvalue weighted by molar-refractivity contribution is -0.153. The van der Waals surface area contributed by atoms with Crippen LogP contribution < -0.4 is 15.8 Å². The van der Waals surface area contributed by atoms with E-state index in [-0.39, 0.29) is 12.3 Å². The molecule has 3 amide bonds. The van der Waals surface area contributed by atoms with Gasteiger partial charge in [0.15, 0.2) is 6.10 Å². The summed E-state index contributed by atoms with van der Waals surface area (Å²) in [5.41, 5.74) is 6.99. The van der Waals surface area contributed by atoms with E-state index in [1.807, 2.05) is 5.32 Å². The number of benzene rings is 2. The average molecular weight is 472 g/mol. The van der Waals surface area contributed by atoms with Crippen molar-refractivity contribution in [2.24, 2.45) is 5.73 Å². The zero-order valence-corrected chi connectivity index (χ0v) is 18.9. The maximum atomic E-state index is 13.3. The monoisotopic (exact) mass is 471 g/mol. The number of methoxy groups -OCH3 is 1. The molecule has 0 fully saturated rings. The highest BCUT2D eigenvalue weighted by Gasteiger charge is 2.24.